The summed E-state index contributed by atoms with van der Waals surface area (Å²) in [5, 5.41) is 3.44. The minimum Gasteiger partial charge on any atom is -0.337 e. The third kappa shape index (κ3) is 4.27. The van der Waals surface area contributed by atoms with E-state index in [-0.39, 0.29) is 11.7 Å². The van der Waals surface area contributed by atoms with Crippen LogP contribution in [0.4, 0.5) is 4.39 Å². The van der Waals surface area contributed by atoms with Crippen LogP contribution in [-0.2, 0) is 0 Å². The van der Waals surface area contributed by atoms with Gasteiger partial charge in [0.05, 0.1) is 0 Å². The molecule has 1 fully saturated rings. The number of hydrogen-bond acceptors (Lipinski definition) is 2. The molecule has 1 aromatic carbocycles. The summed E-state index contributed by atoms with van der Waals surface area (Å²) in [6, 6.07) is 5.02. The fourth-order valence-electron chi connectivity index (χ4n) is 2.76. The van der Waals surface area contributed by atoms with Gasteiger partial charge in [0.25, 0.3) is 5.91 Å². The lowest BCUT2D eigenvalue weighted by molar-refractivity contribution is 0.0739. The van der Waals surface area contributed by atoms with Crippen molar-refractivity contribution in [3.05, 3.63) is 35.1 Å². The van der Waals surface area contributed by atoms with E-state index >= 15 is 0 Å². The van der Waals surface area contributed by atoms with Gasteiger partial charge in [-0.2, -0.15) is 0 Å². The van der Waals surface area contributed by atoms with Crippen molar-refractivity contribution in [3.8, 4) is 0 Å². The molecule has 1 heterocycles. The van der Waals surface area contributed by atoms with E-state index in [1.807, 2.05) is 4.90 Å². The predicted octanol–water partition coefficient (Wildman–Crippen LogP) is 3.13. The average molecular weight is 292 g/mol. The van der Waals surface area contributed by atoms with Crippen molar-refractivity contribution in [2.75, 3.05) is 19.6 Å². The lowest BCUT2D eigenvalue weighted by Gasteiger charge is -2.26. The molecule has 1 unspecified atom stereocenters. The monoisotopic (exact) mass is 292 g/mol. The lowest BCUT2D eigenvalue weighted by Crippen LogP contribution is -2.41. The van der Waals surface area contributed by atoms with Crippen LogP contribution < -0.4 is 5.32 Å². The van der Waals surface area contributed by atoms with Crippen LogP contribution >= 0.6 is 0 Å². The first kappa shape index (κ1) is 16.0. The minimum atomic E-state index is -0.260. The van der Waals surface area contributed by atoms with Gasteiger partial charge in [-0.15, -0.1) is 0 Å². The maximum Gasteiger partial charge on any atom is 0.253 e. The summed E-state index contributed by atoms with van der Waals surface area (Å²) in [5.41, 5.74) is 1.11. The standard InChI is InChI=1S/C17H25FN2O/c1-3-4-10-20(12-15-6-5-9-19-15)17(21)14-7-8-16(18)13(2)11-14/h7-8,11,15,19H,3-6,9-10,12H2,1-2H3. The van der Waals surface area contributed by atoms with Gasteiger partial charge < -0.3 is 10.2 Å². The van der Waals surface area contributed by atoms with E-state index in [0.29, 0.717) is 17.2 Å². The summed E-state index contributed by atoms with van der Waals surface area (Å²) < 4.78 is 13.4. The minimum absolute atomic E-state index is 0.0141. The fourth-order valence-corrected chi connectivity index (χ4v) is 2.76. The largest absolute Gasteiger partial charge is 0.337 e. The molecule has 21 heavy (non-hydrogen) atoms. The van der Waals surface area contributed by atoms with Crippen molar-refractivity contribution in [1.29, 1.82) is 0 Å². The Hall–Kier alpha value is -1.42. The number of unbranched alkanes of at least 4 members (excludes halogenated alkanes) is 1. The molecule has 0 radical (unpaired) electrons. The molecule has 0 aliphatic carbocycles. The molecule has 2 rings (SSSR count). The SMILES string of the molecule is CCCCN(CC1CCCN1)C(=O)c1ccc(F)c(C)c1. The Bertz CT molecular complexity index is 484. The summed E-state index contributed by atoms with van der Waals surface area (Å²) >= 11 is 0. The summed E-state index contributed by atoms with van der Waals surface area (Å²) in [7, 11) is 0. The van der Waals surface area contributed by atoms with Crippen molar-refractivity contribution in [2.45, 2.75) is 45.6 Å². The topological polar surface area (TPSA) is 32.3 Å². The van der Waals surface area contributed by atoms with Gasteiger partial charge in [-0.05, 0) is 56.5 Å². The number of carbonyl (C=O) groups is 1. The van der Waals surface area contributed by atoms with E-state index in [1.54, 1.807) is 19.1 Å². The van der Waals surface area contributed by atoms with Gasteiger partial charge in [-0.3, -0.25) is 4.79 Å². The average Bonchev–Trinajstić information content (AvgIpc) is 2.98. The first-order valence-corrected chi connectivity index (χ1v) is 7.90. The van der Waals surface area contributed by atoms with Gasteiger partial charge in [0.15, 0.2) is 0 Å². The number of carbonyl (C=O) groups excluding carboxylic acids is 1. The molecule has 1 atom stereocenters. The number of benzene rings is 1. The molecule has 1 aliphatic heterocycles. The zero-order valence-electron chi connectivity index (χ0n) is 13.0. The highest BCUT2D eigenvalue weighted by molar-refractivity contribution is 5.94. The maximum absolute atomic E-state index is 13.4. The van der Waals surface area contributed by atoms with Crippen LogP contribution in [0, 0.1) is 12.7 Å². The molecule has 3 nitrogen and oxygen atoms in total. The first-order chi connectivity index (χ1) is 10.1. The van der Waals surface area contributed by atoms with Crippen molar-refractivity contribution in [3.63, 3.8) is 0 Å². The van der Waals surface area contributed by atoms with Crippen molar-refractivity contribution in [2.24, 2.45) is 0 Å². The van der Waals surface area contributed by atoms with Gasteiger partial charge in [-0.1, -0.05) is 13.3 Å². The van der Waals surface area contributed by atoms with E-state index < -0.39 is 0 Å². The highest BCUT2D eigenvalue weighted by Crippen LogP contribution is 2.14. The van der Waals surface area contributed by atoms with Crippen LogP contribution in [0.5, 0.6) is 0 Å². The summed E-state index contributed by atoms with van der Waals surface area (Å²) in [6.45, 7) is 6.37. The van der Waals surface area contributed by atoms with Gasteiger partial charge in [0, 0.05) is 24.7 Å². The number of nitrogens with zero attached hydrogens (tertiary/aromatic N) is 1. The number of hydrogen-bond donors (Lipinski definition) is 1. The highest BCUT2D eigenvalue weighted by Gasteiger charge is 2.22. The van der Waals surface area contributed by atoms with Gasteiger partial charge in [0.2, 0.25) is 0 Å². The Morgan fingerprint density at radius 3 is 2.90 bits per heavy atom. The van der Waals surface area contributed by atoms with E-state index in [2.05, 4.69) is 12.2 Å². The van der Waals surface area contributed by atoms with Gasteiger partial charge >= 0.3 is 0 Å². The normalized spacial score (nSPS) is 18.0. The summed E-state index contributed by atoms with van der Waals surface area (Å²) in [6.07, 6.45) is 4.36. The van der Waals surface area contributed by atoms with E-state index in [9.17, 15) is 9.18 Å². The second-order valence-corrected chi connectivity index (χ2v) is 5.86. The Morgan fingerprint density at radius 1 is 1.48 bits per heavy atom. The molecule has 0 saturated carbocycles. The third-order valence-corrected chi connectivity index (χ3v) is 4.08. The van der Waals surface area contributed by atoms with Crippen molar-refractivity contribution >= 4 is 5.91 Å². The van der Waals surface area contributed by atoms with E-state index in [1.165, 1.54) is 12.5 Å². The van der Waals surface area contributed by atoms with E-state index in [0.717, 1.165) is 38.9 Å². The summed E-state index contributed by atoms with van der Waals surface area (Å²) in [5.74, 6) is -0.246. The fraction of sp³-hybridized carbons (Fsp3) is 0.588. The number of nitrogens with one attached hydrogen (secondary N) is 1. The first-order valence-electron chi connectivity index (χ1n) is 7.90. The molecule has 1 aliphatic rings. The summed E-state index contributed by atoms with van der Waals surface area (Å²) in [4.78, 5) is 14.6. The lowest BCUT2D eigenvalue weighted by atomic mass is 10.1. The number of amides is 1. The van der Waals surface area contributed by atoms with Crippen molar-refractivity contribution < 1.29 is 9.18 Å². The smallest absolute Gasteiger partial charge is 0.253 e. The number of halogens is 1. The molecule has 116 valence electrons. The second-order valence-electron chi connectivity index (χ2n) is 5.86. The Kier molecular flexibility index (Phi) is 5.74. The quantitative estimate of drug-likeness (QED) is 0.873. The molecule has 0 spiro atoms. The Morgan fingerprint density at radius 2 is 2.29 bits per heavy atom. The zero-order chi connectivity index (χ0) is 15.2. The molecule has 0 aromatic heterocycles. The number of aryl methyl sites for hydroxylation is 1. The molecule has 1 saturated heterocycles. The Labute approximate surface area is 126 Å². The van der Waals surface area contributed by atoms with Crippen LogP contribution in [0.25, 0.3) is 0 Å². The van der Waals surface area contributed by atoms with Crippen LogP contribution in [0.3, 0.4) is 0 Å². The zero-order valence-corrected chi connectivity index (χ0v) is 13.0. The highest BCUT2D eigenvalue weighted by atomic mass is 19.1. The predicted molar refractivity (Wildman–Crippen MR) is 83.0 cm³/mol. The maximum atomic E-state index is 13.4. The molecule has 1 aromatic rings. The molecular formula is C17H25FN2O. The molecule has 4 heteroatoms. The van der Waals surface area contributed by atoms with Crippen LogP contribution in [0.1, 0.15) is 48.5 Å². The molecule has 0 bridgehead atoms. The van der Waals surface area contributed by atoms with Crippen LogP contribution in [0.15, 0.2) is 18.2 Å². The van der Waals surface area contributed by atoms with E-state index in [4.69, 9.17) is 0 Å². The Balaban J connectivity index is 2.09. The molecule has 1 amide bonds. The van der Waals surface area contributed by atoms with Gasteiger partial charge in [0.1, 0.15) is 5.82 Å². The molecule has 1 N–H and O–H groups in total. The second kappa shape index (κ2) is 7.55. The third-order valence-electron chi connectivity index (χ3n) is 4.08. The number of rotatable bonds is 6. The van der Waals surface area contributed by atoms with Gasteiger partial charge in [-0.25, -0.2) is 4.39 Å². The van der Waals surface area contributed by atoms with Crippen LogP contribution in [0.2, 0.25) is 0 Å². The van der Waals surface area contributed by atoms with Crippen LogP contribution in [-0.4, -0.2) is 36.5 Å². The van der Waals surface area contributed by atoms with Crippen molar-refractivity contribution in [1.82, 2.24) is 10.2 Å². The molecular weight excluding hydrogens is 267 g/mol.